The number of nitrogens with one attached hydrogen (secondary N) is 1. The Morgan fingerprint density at radius 1 is 1.47 bits per heavy atom. The fraction of sp³-hybridized carbons (Fsp3) is 0.750. The van der Waals surface area contributed by atoms with Gasteiger partial charge in [0.25, 0.3) is 0 Å². The number of hydrogen-bond donors (Lipinski definition) is 1. The van der Waals surface area contributed by atoms with Crippen molar-refractivity contribution in [2.75, 3.05) is 26.2 Å². The summed E-state index contributed by atoms with van der Waals surface area (Å²) in [5.41, 5.74) is 2.26. The first kappa shape index (κ1) is 10.7. The van der Waals surface area contributed by atoms with Gasteiger partial charge in [0.05, 0.1) is 0 Å². The molecule has 0 spiro atoms. The lowest BCUT2D eigenvalue weighted by atomic mass is 10.0. The highest BCUT2D eigenvalue weighted by Crippen LogP contribution is 2.30. The van der Waals surface area contributed by atoms with Crippen molar-refractivity contribution in [3.8, 4) is 0 Å². The summed E-state index contributed by atoms with van der Waals surface area (Å²) in [6.45, 7) is 7.64. The zero-order chi connectivity index (χ0) is 10.8. The number of carbonyl (C=O) groups excluding carboxylic acids is 1. The molecule has 0 atom stereocenters. The second-order valence-corrected chi connectivity index (χ2v) is 4.62. The topological polar surface area (TPSA) is 32.3 Å². The third kappa shape index (κ3) is 2.40. The Morgan fingerprint density at radius 2 is 2.13 bits per heavy atom. The summed E-state index contributed by atoms with van der Waals surface area (Å²) >= 11 is 0. The molecule has 0 radical (unpaired) electrons. The lowest BCUT2D eigenvalue weighted by Crippen LogP contribution is -2.39. The van der Waals surface area contributed by atoms with Crippen molar-refractivity contribution in [1.29, 1.82) is 0 Å². The third-order valence-electron chi connectivity index (χ3n) is 3.37. The molecule has 1 aliphatic carbocycles. The molecule has 2 fully saturated rings. The Labute approximate surface area is 91.5 Å². The molecule has 0 unspecified atom stereocenters. The molecular formula is C12H20N2O. The highest BCUT2D eigenvalue weighted by Gasteiger charge is 2.27. The molecule has 1 heterocycles. The summed E-state index contributed by atoms with van der Waals surface area (Å²) in [6.07, 6.45) is 2.61. The predicted octanol–water partition coefficient (Wildman–Crippen LogP) is 1.16. The lowest BCUT2D eigenvalue weighted by molar-refractivity contribution is -0.127. The predicted molar refractivity (Wildman–Crippen MR) is 60.5 cm³/mol. The van der Waals surface area contributed by atoms with Crippen LogP contribution in [0.5, 0.6) is 0 Å². The largest absolute Gasteiger partial charge is 0.339 e. The molecule has 15 heavy (non-hydrogen) atoms. The second kappa shape index (κ2) is 4.35. The van der Waals surface area contributed by atoms with Crippen LogP contribution in [-0.4, -0.2) is 37.0 Å². The van der Waals surface area contributed by atoms with Crippen molar-refractivity contribution in [3.63, 3.8) is 0 Å². The lowest BCUT2D eigenvalue weighted by Gasteiger charge is -2.26. The van der Waals surface area contributed by atoms with E-state index >= 15 is 0 Å². The van der Waals surface area contributed by atoms with Gasteiger partial charge in [0.1, 0.15) is 0 Å². The zero-order valence-corrected chi connectivity index (χ0v) is 9.68. The highest BCUT2D eigenvalue weighted by molar-refractivity contribution is 5.94. The minimum absolute atomic E-state index is 0.251. The average molecular weight is 208 g/mol. The van der Waals surface area contributed by atoms with Gasteiger partial charge in [0, 0.05) is 31.8 Å². The quantitative estimate of drug-likeness (QED) is 0.703. The molecular weight excluding hydrogens is 188 g/mol. The normalized spacial score (nSPS) is 19.7. The molecule has 1 aliphatic heterocycles. The maximum atomic E-state index is 12.1. The Bertz CT molecular complexity index is 286. The Balaban J connectivity index is 1.96. The Morgan fingerprint density at radius 3 is 2.53 bits per heavy atom. The number of rotatable bonds is 4. The number of amides is 1. The van der Waals surface area contributed by atoms with Crippen molar-refractivity contribution in [3.05, 3.63) is 11.1 Å². The van der Waals surface area contributed by atoms with Gasteiger partial charge in [-0.05, 0) is 38.2 Å². The molecule has 2 rings (SSSR count). The maximum absolute atomic E-state index is 12.1. The monoisotopic (exact) mass is 208 g/mol. The van der Waals surface area contributed by atoms with E-state index in [0.29, 0.717) is 0 Å². The Kier molecular flexibility index (Phi) is 3.10. The Hall–Kier alpha value is -0.830. The van der Waals surface area contributed by atoms with Crippen molar-refractivity contribution >= 4 is 5.91 Å². The molecule has 3 nitrogen and oxygen atoms in total. The van der Waals surface area contributed by atoms with Crippen LogP contribution in [0.2, 0.25) is 0 Å². The summed E-state index contributed by atoms with van der Waals surface area (Å²) < 4.78 is 0. The summed E-state index contributed by atoms with van der Waals surface area (Å²) in [4.78, 5) is 14.1. The first-order valence-corrected chi connectivity index (χ1v) is 5.91. The zero-order valence-electron chi connectivity index (χ0n) is 9.68. The average Bonchev–Trinajstić information content (AvgIpc) is 2.93. The van der Waals surface area contributed by atoms with Crippen molar-refractivity contribution < 1.29 is 4.79 Å². The van der Waals surface area contributed by atoms with E-state index in [1.807, 2.05) is 11.8 Å². The standard InChI is InChI=1S/C12H20N2O/c1-3-14(8-10-4-5-10)12(15)9(2)11-6-13-7-11/h10,13H,3-8H2,1-2H3. The van der Waals surface area contributed by atoms with Crippen LogP contribution >= 0.6 is 0 Å². The van der Waals surface area contributed by atoms with E-state index < -0.39 is 0 Å². The number of nitrogens with zero attached hydrogens (tertiary/aromatic N) is 1. The van der Waals surface area contributed by atoms with E-state index in [9.17, 15) is 4.79 Å². The van der Waals surface area contributed by atoms with Crippen LogP contribution < -0.4 is 5.32 Å². The first-order chi connectivity index (χ1) is 7.22. The molecule has 3 heteroatoms. The smallest absolute Gasteiger partial charge is 0.249 e. The van der Waals surface area contributed by atoms with Gasteiger partial charge in [-0.15, -0.1) is 0 Å². The van der Waals surface area contributed by atoms with E-state index in [1.54, 1.807) is 0 Å². The summed E-state index contributed by atoms with van der Waals surface area (Å²) in [6, 6.07) is 0. The second-order valence-electron chi connectivity index (χ2n) is 4.62. The summed E-state index contributed by atoms with van der Waals surface area (Å²) in [5, 5.41) is 3.18. The summed E-state index contributed by atoms with van der Waals surface area (Å²) in [7, 11) is 0. The SMILES string of the molecule is CCN(CC1CC1)C(=O)C(C)=C1CNC1. The highest BCUT2D eigenvalue weighted by atomic mass is 16.2. The van der Waals surface area contributed by atoms with Crippen LogP contribution in [0.1, 0.15) is 26.7 Å². The molecule has 1 saturated heterocycles. The van der Waals surface area contributed by atoms with E-state index in [4.69, 9.17) is 0 Å². The van der Waals surface area contributed by atoms with Gasteiger partial charge in [-0.25, -0.2) is 0 Å². The van der Waals surface area contributed by atoms with E-state index in [2.05, 4.69) is 12.2 Å². The van der Waals surface area contributed by atoms with Crippen molar-refractivity contribution in [2.24, 2.45) is 5.92 Å². The van der Waals surface area contributed by atoms with E-state index in [-0.39, 0.29) is 5.91 Å². The van der Waals surface area contributed by atoms with E-state index in [0.717, 1.165) is 37.7 Å². The number of hydrogen-bond acceptors (Lipinski definition) is 2. The van der Waals surface area contributed by atoms with Gasteiger partial charge < -0.3 is 10.2 Å². The molecule has 2 aliphatic rings. The van der Waals surface area contributed by atoms with Gasteiger partial charge >= 0.3 is 0 Å². The number of likely N-dealkylation sites (N-methyl/N-ethyl adjacent to an activating group) is 1. The molecule has 0 bridgehead atoms. The van der Waals surface area contributed by atoms with Crippen molar-refractivity contribution in [1.82, 2.24) is 10.2 Å². The number of carbonyl (C=O) groups is 1. The fourth-order valence-corrected chi connectivity index (χ4v) is 1.87. The molecule has 0 aromatic rings. The summed E-state index contributed by atoms with van der Waals surface area (Å²) in [5.74, 6) is 1.03. The first-order valence-electron chi connectivity index (χ1n) is 5.91. The van der Waals surface area contributed by atoms with Gasteiger partial charge in [-0.3, -0.25) is 4.79 Å². The molecule has 84 valence electrons. The van der Waals surface area contributed by atoms with Crippen LogP contribution in [0.25, 0.3) is 0 Å². The van der Waals surface area contributed by atoms with Crippen LogP contribution in [-0.2, 0) is 4.79 Å². The van der Waals surface area contributed by atoms with Gasteiger partial charge in [0.2, 0.25) is 5.91 Å². The fourth-order valence-electron chi connectivity index (χ4n) is 1.87. The maximum Gasteiger partial charge on any atom is 0.249 e. The van der Waals surface area contributed by atoms with Crippen LogP contribution in [0, 0.1) is 5.92 Å². The van der Waals surface area contributed by atoms with Gasteiger partial charge in [-0.1, -0.05) is 0 Å². The molecule has 0 aromatic heterocycles. The van der Waals surface area contributed by atoms with Gasteiger partial charge in [0.15, 0.2) is 0 Å². The van der Waals surface area contributed by atoms with Crippen molar-refractivity contribution in [2.45, 2.75) is 26.7 Å². The molecule has 1 saturated carbocycles. The third-order valence-corrected chi connectivity index (χ3v) is 3.37. The molecule has 0 aromatic carbocycles. The minimum Gasteiger partial charge on any atom is -0.339 e. The van der Waals surface area contributed by atoms with Gasteiger partial charge in [-0.2, -0.15) is 0 Å². The van der Waals surface area contributed by atoms with Crippen LogP contribution in [0.3, 0.4) is 0 Å². The molecule has 1 N–H and O–H groups in total. The minimum atomic E-state index is 0.251. The molecule has 1 amide bonds. The van der Waals surface area contributed by atoms with E-state index in [1.165, 1.54) is 18.4 Å². The van der Waals surface area contributed by atoms with Crippen LogP contribution in [0.4, 0.5) is 0 Å². The van der Waals surface area contributed by atoms with Crippen LogP contribution in [0.15, 0.2) is 11.1 Å².